The molecule has 61 heavy (non-hydrogen) atoms. The lowest BCUT2D eigenvalue weighted by atomic mass is 9.85. The summed E-state index contributed by atoms with van der Waals surface area (Å²) in [5.41, 5.74) is -0.299. The summed E-state index contributed by atoms with van der Waals surface area (Å²) in [6, 6.07) is 9.78. The zero-order chi connectivity index (χ0) is 43.6. The molecule has 3 amide bonds. The Kier molecular flexibility index (Phi) is 11.1. The van der Waals surface area contributed by atoms with Crippen molar-refractivity contribution in [3.05, 3.63) is 72.0 Å². The van der Waals surface area contributed by atoms with E-state index in [0.717, 1.165) is 10.4 Å². The molecule has 18 heteroatoms. The number of ether oxygens (including phenoxy) is 2. The summed E-state index contributed by atoms with van der Waals surface area (Å²) in [7, 11) is -3.92. The molecule has 8 rings (SSSR count). The van der Waals surface area contributed by atoms with Crippen LogP contribution in [0.2, 0.25) is 0 Å². The molecule has 5 aromatic rings. The molecule has 3 aromatic heterocycles. The fourth-order valence-electron chi connectivity index (χ4n) is 7.66. The molecule has 0 unspecified atom stereocenters. The highest BCUT2D eigenvalue weighted by atomic mass is 32.2. The van der Waals surface area contributed by atoms with Gasteiger partial charge >= 0.3 is 0 Å². The standard InChI is InChI=1S/C43H48FN7O7S3/c1-8-25-19-43(25,40(54)50-61(55,56)29-14-15-29)49-37(52)31-18-28(20-51(31)39(53)35(42(5,6)7)47-41-45-23(4)21-59-41)58-38-34-33(30-17-26(44)11-16-32(30)60-34)46-36(48-38)24-9-12-27(13-10-24)57-22(2)3/h8-13,16-17,21-22,25,28-29,31,35H,1,14-15,18-20H2,2-7H3,(H,45,47)(H,49,52)(H,50,54)/t25-,28-,31+,35-,43-/m1/s1. The van der Waals surface area contributed by atoms with Gasteiger partial charge in [-0.25, -0.2) is 22.8 Å². The summed E-state index contributed by atoms with van der Waals surface area (Å²) >= 11 is 2.70. The summed E-state index contributed by atoms with van der Waals surface area (Å²) in [6.07, 6.45) is 1.75. The zero-order valence-electron chi connectivity index (χ0n) is 34.7. The van der Waals surface area contributed by atoms with Gasteiger partial charge < -0.3 is 25.0 Å². The van der Waals surface area contributed by atoms with Crippen LogP contribution in [-0.4, -0.2) is 87.6 Å². The van der Waals surface area contributed by atoms with Crippen LogP contribution in [0.3, 0.4) is 0 Å². The van der Waals surface area contributed by atoms with Crippen LogP contribution in [0.5, 0.6) is 11.6 Å². The molecule has 14 nitrogen and oxygen atoms in total. The van der Waals surface area contributed by atoms with E-state index < -0.39 is 73.9 Å². The van der Waals surface area contributed by atoms with E-state index in [1.807, 2.05) is 71.2 Å². The van der Waals surface area contributed by atoms with E-state index in [2.05, 4.69) is 26.9 Å². The van der Waals surface area contributed by atoms with Crippen molar-refractivity contribution < 1.29 is 36.7 Å². The number of amides is 3. The summed E-state index contributed by atoms with van der Waals surface area (Å²) < 4.78 is 56.4. The Labute approximate surface area is 361 Å². The highest BCUT2D eigenvalue weighted by Gasteiger charge is 2.62. The normalized spacial score (nSPS) is 22.0. The molecule has 3 N–H and O–H groups in total. The average Bonchev–Trinajstić information content (AvgIpc) is 4.05. The summed E-state index contributed by atoms with van der Waals surface area (Å²) in [5.74, 6) is -1.65. The molecule has 322 valence electrons. The number of nitrogens with one attached hydrogen (secondary N) is 3. The highest BCUT2D eigenvalue weighted by Crippen LogP contribution is 2.46. The van der Waals surface area contributed by atoms with E-state index in [4.69, 9.17) is 19.4 Å². The molecule has 0 spiro atoms. The molecule has 3 fully saturated rings. The lowest BCUT2D eigenvalue weighted by molar-refractivity contribution is -0.141. The lowest BCUT2D eigenvalue weighted by Crippen LogP contribution is -2.58. The first-order chi connectivity index (χ1) is 28.8. The van der Waals surface area contributed by atoms with Gasteiger partial charge in [0.25, 0.3) is 5.91 Å². The number of sulfonamides is 1. The number of thiophene rings is 1. The third-order valence-electron chi connectivity index (χ3n) is 11.1. The number of aromatic nitrogens is 3. The second kappa shape index (κ2) is 15.9. The van der Waals surface area contributed by atoms with Crippen molar-refractivity contribution in [2.45, 2.75) is 102 Å². The SMILES string of the molecule is C=C[C@@H]1C[C@]1(NC(=O)[C@@H]1C[C@@H](Oc2nc(-c3ccc(OC(C)C)cc3)nc3c2sc2ccc(F)cc23)CN1C(=O)[C@@H](Nc1nc(C)cs1)C(C)(C)C)C(=O)NS(=O)(=O)C1CC1. The van der Waals surface area contributed by atoms with Crippen molar-refractivity contribution in [2.75, 3.05) is 11.9 Å². The van der Waals surface area contributed by atoms with Crippen LogP contribution in [-0.2, 0) is 24.4 Å². The quantitative estimate of drug-likeness (QED) is 0.100. The predicted molar refractivity (Wildman–Crippen MR) is 234 cm³/mol. The summed E-state index contributed by atoms with van der Waals surface area (Å²) in [5, 5.41) is 8.50. The van der Waals surface area contributed by atoms with Crippen LogP contribution < -0.4 is 24.8 Å². The van der Waals surface area contributed by atoms with Crippen molar-refractivity contribution >= 4 is 75.9 Å². The maximum Gasteiger partial charge on any atom is 0.259 e. The van der Waals surface area contributed by atoms with E-state index in [9.17, 15) is 27.2 Å². The highest BCUT2D eigenvalue weighted by molar-refractivity contribution is 7.91. The number of nitrogens with zero attached hydrogens (tertiary/aromatic N) is 4. The number of benzene rings is 2. The van der Waals surface area contributed by atoms with Gasteiger partial charge in [-0.3, -0.25) is 19.1 Å². The number of carbonyl (C=O) groups is 3. The van der Waals surface area contributed by atoms with Crippen molar-refractivity contribution in [3.8, 4) is 23.0 Å². The van der Waals surface area contributed by atoms with Crippen LogP contribution >= 0.6 is 22.7 Å². The number of aryl methyl sites for hydroxylation is 1. The Balaban J connectivity index is 1.15. The van der Waals surface area contributed by atoms with Gasteiger partial charge in [-0.15, -0.1) is 29.3 Å². The topological polar surface area (TPSA) is 182 Å². The Hall–Kier alpha value is -5.20. The van der Waals surface area contributed by atoms with Gasteiger partial charge in [0.05, 0.1) is 29.1 Å². The van der Waals surface area contributed by atoms with Crippen LogP contribution in [0.4, 0.5) is 9.52 Å². The minimum atomic E-state index is -3.92. The number of likely N-dealkylation sites (tertiary alicyclic amines) is 1. The molecule has 1 aliphatic heterocycles. The third kappa shape index (κ3) is 8.66. The fourth-order valence-corrected chi connectivity index (χ4v) is 10.8. The average molecular weight is 890 g/mol. The maximum atomic E-state index is 14.9. The number of fused-ring (bicyclic) bond motifs is 3. The van der Waals surface area contributed by atoms with Gasteiger partial charge in [0.15, 0.2) is 11.0 Å². The fraction of sp³-hybridized carbons (Fsp3) is 0.442. The second-order valence-electron chi connectivity index (χ2n) is 17.4. The minimum absolute atomic E-state index is 0.00319. The zero-order valence-corrected chi connectivity index (χ0v) is 37.1. The molecular weight excluding hydrogens is 842 g/mol. The van der Waals surface area contributed by atoms with Gasteiger partial charge in [0.1, 0.15) is 40.0 Å². The van der Waals surface area contributed by atoms with Gasteiger partial charge in [-0.2, -0.15) is 4.98 Å². The molecule has 1 saturated heterocycles. The number of halogens is 1. The van der Waals surface area contributed by atoms with Crippen molar-refractivity contribution in [1.82, 2.24) is 29.9 Å². The van der Waals surface area contributed by atoms with E-state index in [1.54, 1.807) is 6.07 Å². The Morgan fingerprint density at radius 2 is 1.82 bits per heavy atom. The van der Waals surface area contributed by atoms with Gasteiger partial charge in [0.2, 0.25) is 27.7 Å². The van der Waals surface area contributed by atoms with Crippen molar-refractivity contribution in [3.63, 3.8) is 0 Å². The van der Waals surface area contributed by atoms with Crippen LogP contribution in [0.1, 0.15) is 66.0 Å². The smallest absolute Gasteiger partial charge is 0.259 e. The van der Waals surface area contributed by atoms with Gasteiger partial charge in [-0.05, 0) is 87.9 Å². The molecule has 0 bridgehead atoms. The molecular formula is C43H48FN7O7S3. The Morgan fingerprint density at radius 1 is 1.08 bits per heavy atom. The van der Waals surface area contributed by atoms with Crippen LogP contribution in [0.15, 0.2) is 60.5 Å². The molecule has 2 saturated carbocycles. The van der Waals surface area contributed by atoms with Crippen LogP contribution in [0.25, 0.3) is 31.7 Å². The first-order valence-electron chi connectivity index (χ1n) is 20.2. The van der Waals surface area contributed by atoms with E-state index in [0.29, 0.717) is 50.7 Å². The molecule has 5 atom stereocenters. The van der Waals surface area contributed by atoms with E-state index >= 15 is 0 Å². The Morgan fingerprint density at radius 3 is 2.44 bits per heavy atom. The third-order valence-corrected chi connectivity index (χ3v) is 15.0. The molecule has 2 aromatic carbocycles. The van der Waals surface area contributed by atoms with Gasteiger partial charge in [-0.1, -0.05) is 26.8 Å². The van der Waals surface area contributed by atoms with Crippen LogP contribution in [0, 0.1) is 24.1 Å². The maximum absolute atomic E-state index is 14.9. The number of rotatable bonds is 14. The van der Waals surface area contributed by atoms with Crippen molar-refractivity contribution in [1.29, 1.82) is 0 Å². The number of hydrogen-bond donors (Lipinski definition) is 3. The minimum Gasteiger partial charge on any atom is -0.491 e. The number of thiazole rings is 1. The second-order valence-corrected chi connectivity index (χ2v) is 21.2. The number of carbonyl (C=O) groups excluding carboxylic acids is 3. The number of hydrogen-bond acceptors (Lipinski definition) is 13. The lowest BCUT2D eigenvalue weighted by Gasteiger charge is -2.35. The molecule has 4 heterocycles. The molecule has 3 aliphatic rings. The first-order valence-corrected chi connectivity index (χ1v) is 23.4. The first kappa shape index (κ1) is 42.5. The van der Waals surface area contributed by atoms with E-state index in [1.165, 1.54) is 45.8 Å². The predicted octanol–water partition coefficient (Wildman–Crippen LogP) is 6.75. The monoisotopic (exact) mass is 889 g/mol. The largest absolute Gasteiger partial charge is 0.491 e. The molecule has 0 radical (unpaired) electrons. The Bertz CT molecular complexity index is 2660. The molecule has 2 aliphatic carbocycles. The summed E-state index contributed by atoms with van der Waals surface area (Å²) in [6.45, 7) is 15.2. The summed E-state index contributed by atoms with van der Waals surface area (Å²) in [4.78, 5) is 58.9. The van der Waals surface area contributed by atoms with Crippen molar-refractivity contribution in [2.24, 2.45) is 11.3 Å². The van der Waals surface area contributed by atoms with E-state index in [-0.39, 0.29) is 31.4 Å². The number of anilines is 1. The van der Waals surface area contributed by atoms with Gasteiger partial charge in [0, 0.05) is 33.4 Å².